The number of hydrogen-bond donors (Lipinski definition) is 1. The van der Waals surface area contributed by atoms with E-state index >= 15 is 0 Å². The zero-order chi connectivity index (χ0) is 21.4. The average molecular weight is 475 g/mol. The van der Waals surface area contributed by atoms with Crippen molar-refractivity contribution in [3.05, 3.63) is 57.8 Å². The maximum absolute atomic E-state index is 14.4. The van der Waals surface area contributed by atoms with Gasteiger partial charge in [0.1, 0.15) is 5.69 Å². The van der Waals surface area contributed by atoms with E-state index < -0.39 is 36.2 Å². The van der Waals surface area contributed by atoms with Crippen LogP contribution in [0.1, 0.15) is 35.0 Å². The maximum Gasteiger partial charge on any atom is 0.425 e. The molecule has 2 aromatic rings. The number of nitrogens with zero attached hydrogens (tertiary/aromatic N) is 3. The highest BCUT2D eigenvalue weighted by Crippen LogP contribution is 2.40. The summed E-state index contributed by atoms with van der Waals surface area (Å²) >= 11 is 3.21. The summed E-state index contributed by atoms with van der Waals surface area (Å²) in [4.78, 5) is 23.9. The van der Waals surface area contributed by atoms with Crippen LogP contribution in [0, 0.1) is 5.95 Å². The normalized spacial score (nSPS) is 22.0. The summed E-state index contributed by atoms with van der Waals surface area (Å²) in [6.45, 7) is 1.31. The van der Waals surface area contributed by atoms with Gasteiger partial charge in [0.05, 0.1) is 5.54 Å². The van der Waals surface area contributed by atoms with E-state index in [-0.39, 0.29) is 23.5 Å². The number of rotatable bonds is 4. The minimum atomic E-state index is -4.70. The molecule has 2 atom stereocenters. The molecule has 6 nitrogen and oxygen atoms in total. The van der Waals surface area contributed by atoms with Crippen LogP contribution in [0.4, 0.5) is 17.6 Å². The summed E-state index contributed by atoms with van der Waals surface area (Å²) in [5.74, 6) is -1.35. The van der Waals surface area contributed by atoms with E-state index in [4.69, 9.17) is 5.73 Å². The third-order valence-corrected chi connectivity index (χ3v) is 4.89. The molecule has 0 radical (unpaired) electrons. The van der Waals surface area contributed by atoms with Crippen molar-refractivity contribution in [2.75, 3.05) is 0 Å². The smallest absolute Gasteiger partial charge is 0.425 e. The van der Waals surface area contributed by atoms with Crippen molar-refractivity contribution in [2.45, 2.75) is 37.6 Å². The lowest BCUT2D eigenvalue weighted by atomic mass is 9.85. The molecule has 3 heterocycles. The summed E-state index contributed by atoms with van der Waals surface area (Å²) in [7, 11) is 0. The van der Waals surface area contributed by atoms with Gasteiger partial charge in [0.25, 0.3) is 6.02 Å². The number of pyridine rings is 2. The molecule has 0 saturated carbocycles. The number of alkyl halides is 3. The van der Waals surface area contributed by atoms with E-state index in [0.29, 0.717) is 10.0 Å². The van der Waals surface area contributed by atoms with E-state index in [9.17, 15) is 22.4 Å². The van der Waals surface area contributed by atoms with E-state index in [0.717, 1.165) is 6.20 Å². The van der Waals surface area contributed by atoms with Crippen molar-refractivity contribution in [1.82, 2.24) is 9.97 Å². The molecule has 1 aliphatic heterocycles. The molecule has 0 spiro atoms. The predicted molar refractivity (Wildman–Crippen MR) is 98.7 cm³/mol. The van der Waals surface area contributed by atoms with Gasteiger partial charge in [0, 0.05) is 35.3 Å². The molecule has 0 amide bonds. The zero-order valence-corrected chi connectivity index (χ0v) is 16.6. The second-order valence-electron chi connectivity index (χ2n) is 6.72. The van der Waals surface area contributed by atoms with Crippen LogP contribution in [0.2, 0.25) is 0 Å². The number of carbonyl (C=O) groups excluding carboxylic acids is 1. The second-order valence-corrected chi connectivity index (χ2v) is 7.64. The Labute approximate surface area is 171 Å². The summed E-state index contributed by atoms with van der Waals surface area (Å²) < 4.78 is 59.1. The highest BCUT2D eigenvalue weighted by Gasteiger charge is 2.50. The fraction of sp³-hybridized carbons (Fsp3) is 0.333. The number of nitrogens with two attached hydrogens (primary N) is 1. The molecule has 2 N–H and O–H groups in total. The molecule has 0 aliphatic carbocycles. The van der Waals surface area contributed by atoms with Crippen LogP contribution in [-0.2, 0) is 16.7 Å². The van der Waals surface area contributed by atoms with E-state index in [1.807, 2.05) is 0 Å². The maximum atomic E-state index is 14.4. The van der Waals surface area contributed by atoms with Crippen LogP contribution in [0.3, 0.4) is 0 Å². The van der Waals surface area contributed by atoms with Gasteiger partial charge in [-0.3, -0.25) is 9.78 Å². The minimum absolute atomic E-state index is 0.163. The Kier molecular flexibility index (Phi) is 5.61. The molecular formula is C18H15BrF4N4O2. The third kappa shape index (κ3) is 4.72. The van der Waals surface area contributed by atoms with Gasteiger partial charge in [-0.05, 0) is 46.6 Å². The van der Waals surface area contributed by atoms with Gasteiger partial charge >= 0.3 is 6.18 Å². The van der Waals surface area contributed by atoms with Crippen LogP contribution in [0.5, 0.6) is 0 Å². The van der Waals surface area contributed by atoms with Crippen molar-refractivity contribution in [3.8, 4) is 0 Å². The quantitative estimate of drug-likeness (QED) is 0.414. The molecule has 154 valence electrons. The molecule has 0 bridgehead atoms. The number of hydrogen-bond acceptors (Lipinski definition) is 6. The first-order valence-corrected chi connectivity index (χ1v) is 9.15. The molecule has 0 aromatic carbocycles. The number of Topliss-reactive ketones (excluding diaryl/α,β-unsaturated/α-hetero) is 1. The van der Waals surface area contributed by atoms with Gasteiger partial charge in [-0.15, -0.1) is 0 Å². The van der Waals surface area contributed by atoms with E-state index in [1.165, 1.54) is 25.3 Å². The van der Waals surface area contributed by atoms with Crippen molar-refractivity contribution in [3.63, 3.8) is 0 Å². The van der Waals surface area contributed by atoms with E-state index in [1.54, 1.807) is 6.07 Å². The Morgan fingerprint density at radius 2 is 2.07 bits per heavy atom. The molecule has 1 aliphatic rings. The fourth-order valence-electron chi connectivity index (χ4n) is 3.00. The molecule has 0 saturated heterocycles. The fourth-order valence-corrected chi connectivity index (χ4v) is 3.23. The van der Waals surface area contributed by atoms with Gasteiger partial charge in [-0.2, -0.15) is 17.6 Å². The Morgan fingerprint density at radius 3 is 2.69 bits per heavy atom. The lowest BCUT2D eigenvalue weighted by Gasteiger charge is -2.35. The molecule has 0 fully saturated rings. The first kappa shape index (κ1) is 21.2. The topological polar surface area (TPSA) is 90.5 Å². The Bertz CT molecular complexity index is 965. The number of aliphatic imine (C=N–C) groups is 1. The number of ketones is 1. The van der Waals surface area contributed by atoms with Crippen molar-refractivity contribution in [1.29, 1.82) is 0 Å². The SMILES string of the molecule is C[C@@]1(c2cc(CC(=O)c3ccc(Br)cn3)cnc2F)C[C@@H](C(F)(F)F)OC(N)=N1. The molecule has 11 heteroatoms. The van der Waals surface area contributed by atoms with Crippen LogP contribution in [-0.4, -0.2) is 34.1 Å². The van der Waals surface area contributed by atoms with Crippen molar-refractivity contribution < 1.29 is 27.1 Å². The van der Waals surface area contributed by atoms with Crippen LogP contribution >= 0.6 is 15.9 Å². The number of ether oxygens (including phenoxy) is 1. The lowest BCUT2D eigenvalue weighted by molar-refractivity contribution is -0.208. The predicted octanol–water partition coefficient (Wildman–Crippen LogP) is 3.68. The largest absolute Gasteiger partial charge is 0.452 e. The van der Waals surface area contributed by atoms with Gasteiger partial charge in [-0.1, -0.05) is 0 Å². The zero-order valence-electron chi connectivity index (χ0n) is 15.0. The average Bonchev–Trinajstić information content (AvgIpc) is 2.62. The molecule has 3 rings (SSSR count). The highest BCUT2D eigenvalue weighted by atomic mass is 79.9. The van der Waals surface area contributed by atoms with Crippen molar-refractivity contribution in [2.24, 2.45) is 10.7 Å². The van der Waals surface area contributed by atoms with Crippen LogP contribution in [0.25, 0.3) is 0 Å². The Balaban J connectivity index is 1.91. The first-order valence-electron chi connectivity index (χ1n) is 8.36. The van der Waals surface area contributed by atoms with Crippen molar-refractivity contribution >= 4 is 27.7 Å². The molecule has 0 unspecified atom stereocenters. The van der Waals surface area contributed by atoms with Crippen LogP contribution < -0.4 is 5.73 Å². The second kappa shape index (κ2) is 7.69. The number of aromatic nitrogens is 2. The van der Waals surface area contributed by atoms with Gasteiger partial charge in [0.15, 0.2) is 11.9 Å². The number of halogens is 5. The molecular weight excluding hydrogens is 460 g/mol. The van der Waals surface area contributed by atoms with E-state index in [2.05, 4.69) is 35.6 Å². The standard InChI is InChI=1S/C18H15BrF4N4O2/c1-17(6-14(18(21,22)23)29-16(24)27-17)11-4-9(7-26-15(11)20)5-13(28)12-3-2-10(19)8-25-12/h2-4,7-8,14H,5-6H2,1H3,(H2,24,27)/t14-,17-/m0/s1. The Hall–Kier alpha value is -2.56. The van der Waals surface area contributed by atoms with Crippen LogP contribution in [0.15, 0.2) is 40.1 Å². The lowest BCUT2D eigenvalue weighted by Crippen LogP contribution is -2.46. The minimum Gasteiger partial charge on any atom is -0.452 e. The van der Waals surface area contributed by atoms with Gasteiger partial charge in [-0.25, -0.2) is 9.98 Å². The summed E-state index contributed by atoms with van der Waals surface area (Å²) in [5, 5.41) is 0. The summed E-state index contributed by atoms with van der Waals surface area (Å²) in [5.41, 5.74) is 4.05. The molecule has 29 heavy (non-hydrogen) atoms. The number of carbonyl (C=O) groups is 1. The van der Waals surface area contributed by atoms with Gasteiger partial charge in [0.2, 0.25) is 5.95 Å². The first-order chi connectivity index (χ1) is 13.5. The molecule has 2 aromatic heterocycles. The third-order valence-electron chi connectivity index (χ3n) is 4.42. The van der Waals surface area contributed by atoms with Gasteiger partial charge < -0.3 is 10.5 Å². The Morgan fingerprint density at radius 1 is 1.34 bits per heavy atom. The summed E-state index contributed by atoms with van der Waals surface area (Å²) in [6.07, 6.45) is -5.18. The number of amidine groups is 1. The highest BCUT2D eigenvalue weighted by molar-refractivity contribution is 9.10. The monoisotopic (exact) mass is 474 g/mol. The summed E-state index contributed by atoms with van der Waals surface area (Å²) in [6, 6.07) is 3.74.